The van der Waals surface area contributed by atoms with E-state index in [9.17, 15) is 12.8 Å². The van der Waals surface area contributed by atoms with Crippen molar-refractivity contribution in [1.82, 2.24) is 4.90 Å². The van der Waals surface area contributed by atoms with E-state index in [0.29, 0.717) is 13.2 Å². The normalized spacial score (nSPS) is 22.7. The van der Waals surface area contributed by atoms with Crippen molar-refractivity contribution in [3.05, 3.63) is 30.1 Å². The Morgan fingerprint density at radius 2 is 1.95 bits per heavy atom. The largest absolute Gasteiger partial charge is 0.489 e. The fourth-order valence-corrected chi connectivity index (χ4v) is 4.62. The van der Waals surface area contributed by atoms with Crippen molar-refractivity contribution in [3.63, 3.8) is 0 Å². The van der Waals surface area contributed by atoms with Crippen LogP contribution in [0.15, 0.2) is 24.3 Å². The Hall–Kier alpha value is -1.14. The van der Waals surface area contributed by atoms with Gasteiger partial charge in [-0.05, 0) is 32.0 Å². The highest BCUT2D eigenvalue weighted by Crippen LogP contribution is 2.27. The highest BCUT2D eigenvalue weighted by atomic mass is 32.2. The van der Waals surface area contributed by atoms with Crippen LogP contribution in [0, 0.1) is 5.82 Å². The Morgan fingerprint density at radius 3 is 2.64 bits per heavy atom. The maximum atomic E-state index is 13.5. The van der Waals surface area contributed by atoms with Crippen LogP contribution in [-0.2, 0) is 9.84 Å². The minimum atomic E-state index is -3.05. The summed E-state index contributed by atoms with van der Waals surface area (Å²) in [5.41, 5.74) is 0. The highest BCUT2D eigenvalue weighted by Gasteiger charge is 2.34. The zero-order valence-electron chi connectivity index (χ0n) is 13.2. The zero-order valence-corrected chi connectivity index (χ0v) is 14.0. The van der Waals surface area contributed by atoms with Gasteiger partial charge in [-0.3, -0.25) is 4.90 Å². The van der Waals surface area contributed by atoms with Crippen LogP contribution in [0.3, 0.4) is 0 Å². The minimum absolute atomic E-state index is 0.0213. The molecule has 22 heavy (non-hydrogen) atoms. The first-order valence-corrected chi connectivity index (χ1v) is 9.61. The number of benzene rings is 1. The van der Waals surface area contributed by atoms with Gasteiger partial charge in [-0.15, -0.1) is 0 Å². The molecule has 1 fully saturated rings. The number of ether oxygens (including phenoxy) is 1. The van der Waals surface area contributed by atoms with Crippen molar-refractivity contribution >= 4 is 9.84 Å². The molecule has 0 heterocycles. The lowest BCUT2D eigenvalue weighted by Crippen LogP contribution is -2.48. The summed E-state index contributed by atoms with van der Waals surface area (Å²) in [6, 6.07) is 6.32. The lowest BCUT2D eigenvalue weighted by Gasteiger charge is -2.36. The van der Waals surface area contributed by atoms with E-state index in [4.69, 9.17) is 4.74 Å². The van der Waals surface area contributed by atoms with Gasteiger partial charge in [-0.2, -0.15) is 0 Å². The molecule has 0 spiro atoms. The molecule has 0 amide bonds. The first-order chi connectivity index (χ1) is 10.4. The Kier molecular flexibility index (Phi) is 5.81. The van der Waals surface area contributed by atoms with Gasteiger partial charge in [-0.1, -0.05) is 25.0 Å². The van der Waals surface area contributed by atoms with Crippen molar-refractivity contribution in [2.45, 2.75) is 37.0 Å². The summed E-state index contributed by atoms with van der Waals surface area (Å²) >= 11 is 0. The summed E-state index contributed by atoms with van der Waals surface area (Å²) in [6.07, 6.45) is 4.94. The number of hydrogen-bond acceptors (Lipinski definition) is 4. The van der Waals surface area contributed by atoms with Crippen LogP contribution in [-0.4, -0.2) is 51.1 Å². The predicted octanol–water partition coefficient (Wildman–Crippen LogP) is 2.49. The summed E-state index contributed by atoms with van der Waals surface area (Å²) < 4.78 is 42.8. The van der Waals surface area contributed by atoms with Crippen molar-refractivity contribution in [2.75, 3.05) is 26.5 Å². The lowest BCUT2D eigenvalue weighted by atomic mass is 9.94. The molecule has 1 aliphatic rings. The fraction of sp³-hybridized carbons (Fsp3) is 0.625. The molecule has 2 rings (SSSR count). The van der Waals surface area contributed by atoms with E-state index < -0.39 is 9.84 Å². The number of sulfone groups is 1. The molecule has 6 heteroatoms. The van der Waals surface area contributed by atoms with Crippen LogP contribution in [0.1, 0.15) is 25.7 Å². The number of para-hydroxylation sites is 1. The molecule has 2 atom stereocenters. The van der Waals surface area contributed by atoms with Crippen LogP contribution < -0.4 is 4.74 Å². The average Bonchev–Trinajstić information content (AvgIpc) is 2.48. The first kappa shape index (κ1) is 17.2. The Balaban J connectivity index is 1.90. The predicted molar refractivity (Wildman–Crippen MR) is 85.4 cm³/mol. The number of hydrogen-bond donors (Lipinski definition) is 0. The van der Waals surface area contributed by atoms with E-state index in [2.05, 4.69) is 0 Å². The molecule has 0 bridgehead atoms. The van der Waals surface area contributed by atoms with Crippen molar-refractivity contribution in [3.8, 4) is 5.75 Å². The molecule has 0 aromatic heterocycles. The standard InChI is InChI=1S/C16H24FNO3S/c1-18(11-12-21-15-9-5-3-7-13(15)17)14-8-4-6-10-16(14)22(2,19)20/h3,5,7,9,14,16H,4,6,8,10-12H2,1-2H3/t14-,16+/m1/s1. The summed E-state index contributed by atoms with van der Waals surface area (Å²) in [5, 5.41) is -0.306. The van der Waals surface area contributed by atoms with E-state index in [1.165, 1.54) is 12.3 Å². The molecule has 0 unspecified atom stereocenters. The second-order valence-electron chi connectivity index (χ2n) is 5.98. The van der Waals surface area contributed by atoms with E-state index in [0.717, 1.165) is 25.7 Å². The molecular formula is C16H24FNO3S. The SMILES string of the molecule is CN(CCOc1ccccc1F)[C@@H]1CCCC[C@@H]1S(C)(=O)=O. The Labute approximate surface area is 132 Å². The van der Waals surface area contributed by atoms with Crippen LogP contribution >= 0.6 is 0 Å². The third-order valence-electron chi connectivity index (χ3n) is 4.32. The van der Waals surface area contributed by atoms with E-state index >= 15 is 0 Å². The van der Waals surface area contributed by atoms with Gasteiger partial charge in [-0.25, -0.2) is 12.8 Å². The number of likely N-dealkylation sites (N-methyl/N-ethyl adjacent to an activating group) is 1. The second-order valence-corrected chi connectivity index (χ2v) is 8.24. The van der Waals surface area contributed by atoms with Crippen molar-refractivity contribution < 1.29 is 17.5 Å². The Morgan fingerprint density at radius 1 is 1.27 bits per heavy atom. The Bertz CT molecular complexity index is 591. The van der Waals surface area contributed by atoms with Gasteiger partial charge in [0.1, 0.15) is 6.61 Å². The summed E-state index contributed by atoms with van der Waals surface area (Å²) in [6.45, 7) is 0.912. The first-order valence-electron chi connectivity index (χ1n) is 7.66. The zero-order chi connectivity index (χ0) is 16.2. The monoisotopic (exact) mass is 329 g/mol. The molecular weight excluding hydrogens is 305 g/mol. The molecule has 4 nitrogen and oxygen atoms in total. The molecule has 1 saturated carbocycles. The lowest BCUT2D eigenvalue weighted by molar-refractivity contribution is 0.160. The molecule has 0 N–H and O–H groups in total. The maximum Gasteiger partial charge on any atom is 0.165 e. The number of nitrogens with zero attached hydrogens (tertiary/aromatic N) is 1. The van der Waals surface area contributed by atoms with Crippen LogP contribution in [0.5, 0.6) is 5.75 Å². The minimum Gasteiger partial charge on any atom is -0.489 e. The van der Waals surface area contributed by atoms with Gasteiger partial charge < -0.3 is 4.74 Å². The van der Waals surface area contributed by atoms with E-state index in [1.807, 2.05) is 11.9 Å². The van der Waals surface area contributed by atoms with Crippen molar-refractivity contribution in [2.24, 2.45) is 0 Å². The molecule has 1 aromatic rings. The topological polar surface area (TPSA) is 46.6 Å². The molecule has 0 saturated heterocycles. The van der Waals surface area contributed by atoms with Crippen molar-refractivity contribution in [1.29, 1.82) is 0 Å². The summed E-state index contributed by atoms with van der Waals surface area (Å²) in [5.74, 6) is -0.143. The maximum absolute atomic E-state index is 13.5. The van der Waals surface area contributed by atoms with Gasteiger partial charge in [0.25, 0.3) is 0 Å². The average molecular weight is 329 g/mol. The fourth-order valence-electron chi connectivity index (χ4n) is 3.11. The van der Waals surface area contributed by atoms with Gasteiger partial charge in [0.05, 0.1) is 5.25 Å². The third-order valence-corrected chi connectivity index (χ3v) is 5.97. The smallest absolute Gasteiger partial charge is 0.165 e. The molecule has 0 radical (unpaired) electrons. The summed E-state index contributed by atoms with van der Waals surface area (Å²) in [7, 11) is -1.13. The molecule has 0 aliphatic heterocycles. The van der Waals surface area contributed by atoms with E-state index in [-0.39, 0.29) is 22.9 Å². The van der Waals surface area contributed by atoms with Crippen LogP contribution in [0.2, 0.25) is 0 Å². The quantitative estimate of drug-likeness (QED) is 0.804. The second kappa shape index (κ2) is 7.42. The van der Waals surface area contributed by atoms with Crippen LogP contribution in [0.25, 0.3) is 0 Å². The van der Waals surface area contributed by atoms with Crippen LogP contribution in [0.4, 0.5) is 4.39 Å². The third kappa shape index (κ3) is 4.43. The summed E-state index contributed by atoms with van der Waals surface area (Å²) in [4.78, 5) is 2.03. The molecule has 124 valence electrons. The number of rotatable bonds is 6. The number of halogens is 1. The van der Waals surface area contributed by atoms with Gasteiger partial charge in [0, 0.05) is 18.8 Å². The van der Waals surface area contributed by atoms with Gasteiger partial charge in [0.2, 0.25) is 0 Å². The van der Waals surface area contributed by atoms with E-state index in [1.54, 1.807) is 18.2 Å². The molecule has 1 aromatic carbocycles. The molecule has 1 aliphatic carbocycles. The van der Waals surface area contributed by atoms with Gasteiger partial charge in [0.15, 0.2) is 21.4 Å². The van der Waals surface area contributed by atoms with Gasteiger partial charge >= 0.3 is 0 Å². The highest BCUT2D eigenvalue weighted by molar-refractivity contribution is 7.91.